The van der Waals surface area contributed by atoms with E-state index in [1.165, 1.54) is 0 Å². The molecule has 0 saturated carbocycles. The predicted octanol–water partition coefficient (Wildman–Crippen LogP) is 4.75. The van der Waals surface area contributed by atoms with E-state index in [-0.39, 0.29) is 11.3 Å². The summed E-state index contributed by atoms with van der Waals surface area (Å²) in [7, 11) is 3.93. The number of benzene rings is 2. The lowest BCUT2D eigenvalue weighted by molar-refractivity contribution is -0.139. The third-order valence-electron chi connectivity index (χ3n) is 5.56. The van der Waals surface area contributed by atoms with Gasteiger partial charge in [-0.15, -0.1) is 0 Å². The highest BCUT2D eigenvalue weighted by molar-refractivity contribution is 6.46. The molecule has 0 radical (unpaired) electrons. The quantitative estimate of drug-likeness (QED) is 0.297. The Labute approximate surface area is 178 Å². The van der Waals surface area contributed by atoms with Crippen LogP contribution in [0, 0.1) is 0 Å². The highest BCUT2D eigenvalue weighted by atomic mass is 16.3. The van der Waals surface area contributed by atoms with Crippen molar-refractivity contribution < 1.29 is 14.7 Å². The van der Waals surface area contributed by atoms with Gasteiger partial charge in [0.25, 0.3) is 11.7 Å². The molecule has 1 heterocycles. The highest BCUT2D eigenvalue weighted by Gasteiger charge is 2.45. The second kappa shape index (κ2) is 9.61. The van der Waals surface area contributed by atoms with Gasteiger partial charge in [-0.25, -0.2) is 0 Å². The zero-order valence-corrected chi connectivity index (χ0v) is 18.0. The van der Waals surface area contributed by atoms with Crippen molar-refractivity contribution in [3.8, 4) is 0 Å². The first-order valence-corrected chi connectivity index (χ1v) is 10.6. The van der Waals surface area contributed by atoms with Crippen molar-refractivity contribution in [1.29, 1.82) is 0 Å². The zero-order valence-electron chi connectivity index (χ0n) is 18.0. The van der Waals surface area contributed by atoms with Crippen LogP contribution in [0.3, 0.4) is 0 Å². The number of aliphatic hydroxyl groups is 1. The number of anilines is 1. The molecule has 5 nitrogen and oxygen atoms in total. The SMILES string of the molecule is CCCCCCN1C(=O)C(=O)C(=C(O)c2ccccc2)[C@@H]1c1ccc(N(C)C)cc1. The third kappa shape index (κ3) is 4.40. The first kappa shape index (κ1) is 21.6. The molecule has 2 aromatic carbocycles. The lowest BCUT2D eigenvalue weighted by Crippen LogP contribution is -2.30. The fraction of sp³-hybridized carbons (Fsp3) is 0.360. The summed E-state index contributed by atoms with van der Waals surface area (Å²) in [5, 5.41) is 11.0. The van der Waals surface area contributed by atoms with Crippen molar-refractivity contribution in [2.75, 3.05) is 25.5 Å². The average Bonchev–Trinajstić information content (AvgIpc) is 3.01. The lowest BCUT2D eigenvalue weighted by Gasteiger charge is -2.26. The Balaban J connectivity index is 2.05. The summed E-state index contributed by atoms with van der Waals surface area (Å²) in [6.45, 7) is 2.63. The molecule has 0 aliphatic carbocycles. The molecule has 2 aromatic rings. The summed E-state index contributed by atoms with van der Waals surface area (Å²) in [5.41, 5.74) is 2.56. The number of hydrogen-bond acceptors (Lipinski definition) is 4. The number of hydrogen-bond donors (Lipinski definition) is 1. The minimum atomic E-state index is -0.617. The fourth-order valence-electron chi connectivity index (χ4n) is 3.87. The fourth-order valence-corrected chi connectivity index (χ4v) is 3.87. The van der Waals surface area contributed by atoms with Crippen LogP contribution in [0.25, 0.3) is 5.76 Å². The standard InChI is InChI=1S/C25H30N2O3/c1-4-5-6-10-17-27-22(18-13-15-20(16-14-18)26(2)3)21(24(29)25(27)30)23(28)19-11-8-7-9-12-19/h7-9,11-16,22,28H,4-6,10,17H2,1-3H3/t22-/m0/s1. The molecule has 1 saturated heterocycles. The normalized spacial score (nSPS) is 18.1. The Morgan fingerprint density at radius 2 is 1.63 bits per heavy atom. The van der Waals surface area contributed by atoms with Gasteiger partial charge in [0.1, 0.15) is 5.76 Å². The summed E-state index contributed by atoms with van der Waals surface area (Å²) in [6, 6.07) is 16.2. The number of aliphatic hydroxyl groups excluding tert-OH is 1. The van der Waals surface area contributed by atoms with E-state index >= 15 is 0 Å². The summed E-state index contributed by atoms with van der Waals surface area (Å²) >= 11 is 0. The van der Waals surface area contributed by atoms with Gasteiger partial charge < -0.3 is 14.9 Å². The van der Waals surface area contributed by atoms with Gasteiger partial charge in [0.05, 0.1) is 11.6 Å². The smallest absolute Gasteiger partial charge is 0.295 e. The van der Waals surface area contributed by atoms with Gasteiger partial charge in [-0.3, -0.25) is 9.59 Å². The number of rotatable bonds is 8. The molecule has 3 rings (SSSR count). The molecule has 1 N–H and O–H groups in total. The van der Waals surface area contributed by atoms with E-state index in [0.717, 1.165) is 36.9 Å². The Kier molecular flexibility index (Phi) is 6.93. The van der Waals surface area contributed by atoms with Gasteiger partial charge in [-0.05, 0) is 24.1 Å². The summed E-state index contributed by atoms with van der Waals surface area (Å²) < 4.78 is 0. The number of unbranched alkanes of at least 4 members (excludes halogenated alkanes) is 3. The first-order chi connectivity index (χ1) is 14.5. The Morgan fingerprint density at radius 3 is 2.23 bits per heavy atom. The number of amides is 1. The molecule has 1 amide bonds. The summed E-state index contributed by atoms with van der Waals surface area (Å²) in [6.07, 6.45) is 4.03. The molecule has 1 atom stereocenters. The zero-order chi connectivity index (χ0) is 21.7. The molecule has 5 heteroatoms. The van der Waals surface area contributed by atoms with Crippen LogP contribution in [0.2, 0.25) is 0 Å². The largest absolute Gasteiger partial charge is 0.507 e. The van der Waals surface area contributed by atoms with Crippen molar-refractivity contribution in [2.45, 2.75) is 38.6 Å². The highest BCUT2D eigenvalue weighted by Crippen LogP contribution is 2.39. The third-order valence-corrected chi connectivity index (χ3v) is 5.56. The maximum absolute atomic E-state index is 13.0. The minimum Gasteiger partial charge on any atom is -0.507 e. The average molecular weight is 407 g/mol. The van der Waals surface area contributed by atoms with Gasteiger partial charge in [0.2, 0.25) is 0 Å². The van der Waals surface area contributed by atoms with E-state index in [0.29, 0.717) is 12.1 Å². The summed E-state index contributed by atoms with van der Waals surface area (Å²) in [4.78, 5) is 29.5. The second-order valence-electron chi connectivity index (χ2n) is 7.91. The molecule has 0 spiro atoms. The van der Waals surface area contributed by atoms with Crippen LogP contribution in [0.15, 0.2) is 60.2 Å². The van der Waals surface area contributed by atoms with Crippen molar-refractivity contribution in [3.63, 3.8) is 0 Å². The van der Waals surface area contributed by atoms with Gasteiger partial charge in [0, 0.05) is 31.9 Å². The van der Waals surface area contributed by atoms with Crippen LogP contribution in [0.4, 0.5) is 5.69 Å². The topological polar surface area (TPSA) is 60.9 Å². The molecular formula is C25H30N2O3. The van der Waals surface area contributed by atoms with Crippen LogP contribution in [0.5, 0.6) is 0 Å². The van der Waals surface area contributed by atoms with Crippen LogP contribution >= 0.6 is 0 Å². The van der Waals surface area contributed by atoms with Crippen LogP contribution in [-0.2, 0) is 9.59 Å². The second-order valence-corrected chi connectivity index (χ2v) is 7.91. The predicted molar refractivity (Wildman–Crippen MR) is 120 cm³/mol. The van der Waals surface area contributed by atoms with Crippen molar-refractivity contribution >= 4 is 23.1 Å². The number of carbonyl (C=O) groups is 2. The molecule has 30 heavy (non-hydrogen) atoms. The van der Waals surface area contributed by atoms with E-state index < -0.39 is 17.7 Å². The minimum absolute atomic E-state index is 0.119. The molecule has 1 fully saturated rings. The molecule has 0 aromatic heterocycles. The Morgan fingerprint density at radius 1 is 0.967 bits per heavy atom. The van der Waals surface area contributed by atoms with Gasteiger partial charge >= 0.3 is 0 Å². The van der Waals surface area contributed by atoms with Crippen LogP contribution < -0.4 is 4.90 Å². The van der Waals surface area contributed by atoms with Crippen molar-refractivity contribution in [1.82, 2.24) is 4.90 Å². The molecule has 0 bridgehead atoms. The number of ketones is 1. The van der Waals surface area contributed by atoms with Crippen molar-refractivity contribution in [2.24, 2.45) is 0 Å². The first-order valence-electron chi connectivity index (χ1n) is 10.6. The molecular weight excluding hydrogens is 376 g/mol. The van der Waals surface area contributed by atoms with Gasteiger partial charge in [-0.2, -0.15) is 0 Å². The number of Topliss-reactive ketones (excluding diaryl/α,β-unsaturated/α-hetero) is 1. The van der Waals surface area contributed by atoms with E-state index in [2.05, 4.69) is 6.92 Å². The Hall–Kier alpha value is -3.08. The molecule has 1 aliphatic rings. The van der Waals surface area contributed by atoms with Gasteiger partial charge in [0.15, 0.2) is 0 Å². The number of nitrogens with zero attached hydrogens (tertiary/aromatic N) is 2. The monoisotopic (exact) mass is 406 g/mol. The van der Waals surface area contributed by atoms with E-state index in [1.54, 1.807) is 29.2 Å². The van der Waals surface area contributed by atoms with Crippen LogP contribution in [0.1, 0.15) is 49.8 Å². The van der Waals surface area contributed by atoms with Crippen molar-refractivity contribution in [3.05, 3.63) is 71.3 Å². The van der Waals surface area contributed by atoms with E-state index in [4.69, 9.17) is 0 Å². The Bertz CT molecular complexity index is 917. The van der Waals surface area contributed by atoms with Gasteiger partial charge in [-0.1, -0.05) is 68.7 Å². The summed E-state index contributed by atoms with van der Waals surface area (Å²) in [5.74, 6) is -1.27. The van der Waals surface area contributed by atoms with Crippen LogP contribution in [-0.4, -0.2) is 42.3 Å². The maximum atomic E-state index is 13.0. The number of carbonyl (C=O) groups excluding carboxylic acids is 2. The molecule has 1 aliphatic heterocycles. The number of likely N-dealkylation sites (tertiary alicyclic amines) is 1. The lowest BCUT2D eigenvalue weighted by atomic mass is 9.95. The maximum Gasteiger partial charge on any atom is 0.295 e. The van der Waals surface area contributed by atoms with E-state index in [9.17, 15) is 14.7 Å². The molecule has 158 valence electrons. The molecule has 0 unspecified atom stereocenters. The van der Waals surface area contributed by atoms with E-state index in [1.807, 2.05) is 49.3 Å².